The van der Waals surface area contributed by atoms with Gasteiger partial charge in [0.1, 0.15) is 5.58 Å². The van der Waals surface area contributed by atoms with Gasteiger partial charge in [0.2, 0.25) is 0 Å². The monoisotopic (exact) mass is 345 g/mol. The first kappa shape index (κ1) is 16.1. The first-order chi connectivity index (χ1) is 12.5. The first-order valence-electron chi connectivity index (χ1n) is 8.45. The number of aromatic nitrogens is 2. The molecule has 2 aromatic carbocycles. The highest BCUT2D eigenvalue weighted by atomic mass is 16.3. The summed E-state index contributed by atoms with van der Waals surface area (Å²) in [6.07, 6.45) is 0. The van der Waals surface area contributed by atoms with Crippen LogP contribution in [0, 0.1) is 20.8 Å². The van der Waals surface area contributed by atoms with Crippen molar-refractivity contribution in [3.05, 3.63) is 77.3 Å². The highest BCUT2D eigenvalue weighted by molar-refractivity contribution is 6.04. The van der Waals surface area contributed by atoms with Gasteiger partial charge in [-0.2, -0.15) is 5.10 Å². The van der Waals surface area contributed by atoms with Gasteiger partial charge < -0.3 is 9.73 Å². The van der Waals surface area contributed by atoms with Gasteiger partial charge in [-0.05, 0) is 63.2 Å². The van der Waals surface area contributed by atoms with Crippen molar-refractivity contribution in [2.45, 2.75) is 20.8 Å². The fraction of sp³-hybridized carbons (Fsp3) is 0.143. The van der Waals surface area contributed by atoms with Gasteiger partial charge in [-0.15, -0.1) is 0 Å². The maximum atomic E-state index is 12.6. The van der Waals surface area contributed by atoms with Crippen molar-refractivity contribution in [3.63, 3.8) is 0 Å². The van der Waals surface area contributed by atoms with Crippen molar-refractivity contribution in [2.75, 3.05) is 5.32 Å². The Morgan fingerprint density at radius 3 is 2.65 bits per heavy atom. The maximum absolute atomic E-state index is 12.6. The molecule has 0 spiro atoms. The van der Waals surface area contributed by atoms with Gasteiger partial charge in [-0.1, -0.05) is 17.7 Å². The zero-order valence-electron chi connectivity index (χ0n) is 14.9. The highest BCUT2D eigenvalue weighted by Crippen LogP contribution is 2.22. The number of amides is 1. The van der Waals surface area contributed by atoms with Crippen LogP contribution in [-0.2, 0) is 0 Å². The summed E-state index contributed by atoms with van der Waals surface area (Å²) >= 11 is 0. The Balaban J connectivity index is 1.61. The van der Waals surface area contributed by atoms with Gasteiger partial charge in [-0.3, -0.25) is 4.79 Å². The molecular formula is C21H19N3O2. The minimum atomic E-state index is -0.274. The summed E-state index contributed by atoms with van der Waals surface area (Å²) in [5.41, 5.74) is 5.42. The molecule has 5 heteroatoms. The number of anilines is 1. The minimum Gasteiger partial charge on any atom is -0.451 e. The van der Waals surface area contributed by atoms with Gasteiger partial charge in [0.25, 0.3) is 5.91 Å². The van der Waals surface area contributed by atoms with E-state index in [1.54, 1.807) is 6.07 Å². The molecule has 0 fully saturated rings. The third kappa shape index (κ3) is 2.99. The number of nitrogens with one attached hydrogen (secondary N) is 1. The van der Waals surface area contributed by atoms with Crippen LogP contribution in [0.25, 0.3) is 16.7 Å². The molecule has 0 atom stereocenters. The number of aryl methyl sites for hydroxylation is 3. The molecule has 0 unspecified atom stereocenters. The lowest BCUT2D eigenvalue weighted by Gasteiger charge is -2.08. The van der Waals surface area contributed by atoms with E-state index >= 15 is 0 Å². The molecule has 2 aromatic heterocycles. The summed E-state index contributed by atoms with van der Waals surface area (Å²) in [4.78, 5) is 12.6. The summed E-state index contributed by atoms with van der Waals surface area (Å²) in [6.45, 7) is 5.97. The molecule has 4 aromatic rings. The van der Waals surface area contributed by atoms with Crippen LogP contribution in [0.5, 0.6) is 0 Å². The van der Waals surface area contributed by atoms with Crippen molar-refractivity contribution in [1.29, 1.82) is 0 Å². The first-order valence-corrected chi connectivity index (χ1v) is 8.45. The molecule has 26 heavy (non-hydrogen) atoms. The number of carbonyl (C=O) groups is 1. The van der Waals surface area contributed by atoms with E-state index in [-0.39, 0.29) is 5.91 Å². The quantitative estimate of drug-likeness (QED) is 0.580. The summed E-state index contributed by atoms with van der Waals surface area (Å²) in [6, 6.07) is 17.2. The molecule has 0 saturated carbocycles. The topological polar surface area (TPSA) is 60.1 Å². The summed E-state index contributed by atoms with van der Waals surface area (Å²) in [5, 5.41) is 8.30. The van der Waals surface area contributed by atoms with E-state index in [0.717, 1.165) is 28.0 Å². The Kier molecular flexibility index (Phi) is 3.84. The number of hydrogen-bond acceptors (Lipinski definition) is 3. The fourth-order valence-electron chi connectivity index (χ4n) is 3.07. The minimum absolute atomic E-state index is 0.274. The molecule has 0 bridgehead atoms. The highest BCUT2D eigenvalue weighted by Gasteiger charge is 2.13. The van der Waals surface area contributed by atoms with Crippen LogP contribution >= 0.6 is 0 Å². The van der Waals surface area contributed by atoms with Crippen LogP contribution in [0.4, 0.5) is 5.69 Å². The molecule has 0 aliphatic carbocycles. The number of benzene rings is 2. The van der Waals surface area contributed by atoms with Gasteiger partial charge in [-0.25, -0.2) is 4.68 Å². The summed E-state index contributed by atoms with van der Waals surface area (Å²) in [5.74, 6) is 0.0199. The zero-order valence-corrected chi connectivity index (χ0v) is 14.9. The second-order valence-electron chi connectivity index (χ2n) is 6.50. The van der Waals surface area contributed by atoms with Gasteiger partial charge >= 0.3 is 0 Å². The predicted octanol–water partition coefficient (Wildman–Crippen LogP) is 4.80. The molecule has 0 aliphatic rings. The third-order valence-corrected chi connectivity index (χ3v) is 4.25. The van der Waals surface area contributed by atoms with Gasteiger partial charge in [0.15, 0.2) is 5.76 Å². The average Bonchev–Trinajstić information content (AvgIpc) is 3.17. The standard InChI is InChI=1S/C21H19N3O2/c1-13-7-8-19-16(9-13)11-20(26-19)21(25)22-17-5-4-6-18(12-17)24-15(3)10-14(2)23-24/h4-12H,1-3H3,(H,22,25). The van der Waals surface area contributed by atoms with E-state index in [1.165, 1.54) is 0 Å². The van der Waals surface area contributed by atoms with Crippen LogP contribution in [0.3, 0.4) is 0 Å². The number of carbonyl (C=O) groups excluding carboxylic acids is 1. The number of hydrogen-bond donors (Lipinski definition) is 1. The molecule has 130 valence electrons. The van der Waals surface area contributed by atoms with Crippen molar-refractivity contribution in [1.82, 2.24) is 9.78 Å². The van der Waals surface area contributed by atoms with Crippen molar-refractivity contribution in [3.8, 4) is 5.69 Å². The van der Waals surface area contributed by atoms with Crippen molar-refractivity contribution in [2.24, 2.45) is 0 Å². The number of fused-ring (bicyclic) bond motifs is 1. The molecule has 1 amide bonds. The molecule has 2 heterocycles. The largest absolute Gasteiger partial charge is 0.451 e. The molecule has 0 aliphatic heterocycles. The Hall–Kier alpha value is -3.34. The van der Waals surface area contributed by atoms with E-state index < -0.39 is 0 Å². The number of rotatable bonds is 3. The van der Waals surface area contributed by atoms with E-state index in [0.29, 0.717) is 17.0 Å². The summed E-state index contributed by atoms with van der Waals surface area (Å²) in [7, 11) is 0. The second-order valence-corrected chi connectivity index (χ2v) is 6.50. The Labute approximate surface area is 151 Å². The predicted molar refractivity (Wildman–Crippen MR) is 102 cm³/mol. The molecule has 5 nitrogen and oxygen atoms in total. The van der Waals surface area contributed by atoms with Crippen LogP contribution in [0.15, 0.2) is 59.0 Å². The molecule has 1 N–H and O–H groups in total. The van der Waals surface area contributed by atoms with E-state index in [9.17, 15) is 4.79 Å². The van der Waals surface area contributed by atoms with Crippen molar-refractivity contribution < 1.29 is 9.21 Å². The SMILES string of the molecule is Cc1ccc2oc(C(=O)Nc3cccc(-n4nc(C)cc4C)c3)cc2c1. The Morgan fingerprint density at radius 2 is 1.88 bits per heavy atom. The smallest absolute Gasteiger partial charge is 0.291 e. The molecule has 0 radical (unpaired) electrons. The normalized spacial score (nSPS) is 11.0. The molecule has 0 saturated heterocycles. The van der Waals surface area contributed by atoms with Crippen molar-refractivity contribution >= 4 is 22.6 Å². The number of furan rings is 1. The average molecular weight is 345 g/mol. The Morgan fingerprint density at radius 1 is 1.04 bits per heavy atom. The van der Waals surface area contributed by atoms with Crippen LogP contribution in [0.2, 0.25) is 0 Å². The van der Waals surface area contributed by atoms with Gasteiger partial charge in [0.05, 0.1) is 11.4 Å². The van der Waals surface area contributed by atoms with Crippen LogP contribution in [0.1, 0.15) is 27.5 Å². The van der Waals surface area contributed by atoms with Gasteiger partial charge in [0, 0.05) is 16.8 Å². The molecule has 4 rings (SSSR count). The van der Waals surface area contributed by atoms with Crippen LogP contribution < -0.4 is 5.32 Å². The lowest BCUT2D eigenvalue weighted by molar-refractivity contribution is 0.0998. The van der Waals surface area contributed by atoms with E-state index in [4.69, 9.17) is 4.42 Å². The van der Waals surface area contributed by atoms with E-state index in [1.807, 2.05) is 74.0 Å². The maximum Gasteiger partial charge on any atom is 0.291 e. The lowest BCUT2D eigenvalue weighted by Crippen LogP contribution is -2.11. The second kappa shape index (κ2) is 6.19. The number of nitrogens with zero attached hydrogens (tertiary/aromatic N) is 2. The zero-order chi connectivity index (χ0) is 18.3. The van der Waals surface area contributed by atoms with E-state index in [2.05, 4.69) is 10.4 Å². The summed E-state index contributed by atoms with van der Waals surface area (Å²) < 4.78 is 7.52. The lowest BCUT2D eigenvalue weighted by atomic mass is 10.2. The van der Waals surface area contributed by atoms with Crippen LogP contribution in [-0.4, -0.2) is 15.7 Å². The Bertz CT molecular complexity index is 1120. The fourth-order valence-corrected chi connectivity index (χ4v) is 3.07. The third-order valence-electron chi connectivity index (χ3n) is 4.25. The molecular weight excluding hydrogens is 326 g/mol.